The third kappa shape index (κ3) is 39.3. The zero-order valence-corrected chi connectivity index (χ0v) is 27.4. The summed E-state index contributed by atoms with van der Waals surface area (Å²) in [5.41, 5.74) is -0.224. The van der Waals surface area contributed by atoms with Crippen molar-refractivity contribution in [3.8, 4) is 11.8 Å². The van der Waals surface area contributed by atoms with E-state index in [0.717, 1.165) is 13.0 Å². The van der Waals surface area contributed by atoms with Gasteiger partial charge in [0.25, 0.3) is 5.91 Å². The molecule has 0 aliphatic rings. The molecule has 13 heteroatoms. The van der Waals surface area contributed by atoms with Crippen LogP contribution in [-0.2, 0) is 57.1 Å². The minimum atomic E-state index is -0.530. The Morgan fingerprint density at radius 1 is 0.591 bits per heavy atom. The summed E-state index contributed by atoms with van der Waals surface area (Å²) in [6.07, 6.45) is 2.21. The van der Waals surface area contributed by atoms with Crippen molar-refractivity contribution in [3.05, 3.63) is 0 Å². The molecule has 1 amide bonds. The van der Waals surface area contributed by atoms with Gasteiger partial charge in [0.2, 0.25) is 5.78 Å². The second-order valence-corrected chi connectivity index (χ2v) is 11.4. The summed E-state index contributed by atoms with van der Waals surface area (Å²) in [5.74, 6) is 3.49. The number of ketones is 1. The number of hydrogen-bond acceptors (Lipinski definition) is 12. The molecule has 0 spiro atoms. The van der Waals surface area contributed by atoms with E-state index in [9.17, 15) is 14.4 Å². The molecule has 0 radical (unpaired) electrons. The normalized spacial score (nSPS) is 11.0. The molecule has 0 aromatic heterocycles. The highest BCUT2D eigenvalue weighted by Gasteiger charge is 2.15. The first kappa shape index (κ1) is 43.4. The van der Waals surface area contributed by atoms with Gasteiger partial charge in [-0.3, -0.25) is 14.4 Å². The van der Waals surface area contributed by atoms with Gasteiger partial charge < -0.3 is 38.5 Å². The van der Waals surface area contributed by atoms with E-state index >= 15 is 0 Å². The fourth-order valence-corrected chi connectivity index (χ4v) is 2.81. The number of Topliss-reactive ketones (excluding diaryl/α,β-unsaturated/α-hetero) is 1. The molecule has 0 aliphatic carbocycles. The van der Waals surface area contributed by atoms with E-state index in [1.165, 1.54) is 0 Å². The van der Waals surface area contributed by atoms with Crippen molar-refractivity contribution in [1.82, 2.24) is 5.32 Å². The first-order chi connectivity index (χ1) is 20.8. The van der Waals surface area contributed by atoms with Crippen LogP contribution in [0.25, 0.3) is 0 Å². The van der Waals surface area contributed by atoms with Crippen LogP contribution in [-0.4, -0.2) is 115 Å². The van der Waals surface area contributed by atoms with Crippen LogP contribution < -0.4 is 5.32 Å². The summed E-state index contributed by atoms with van der Waals surface area (Å²) in [4.78, 5) is 51.3. The Bertz CT molecular complexity index is 846. The molecule has 0 aromatic carbocycles. The molecule has 0 unspecified atom stereocenters. The highest BCUT2D eigenvalue weighted by molar-refractivity contribution is 6.03. The molecule has 0 saturated heterocycles. The smallest absolute Gasteiger partial charge is 0.373 e. The van der Waals surface area contributed by atoms with Gasteiger partial charge >= 0.3 is 12.1 Å². The molecule has 0 fully saturated rings. The van der Waals surface area contributed by atoms with Gasteiger partial charge in [0.15, 0.2) is 0 Å². The fraction of sp³-hybridized carbons (Fsp3) is 0.806. The number of hydrogen-bond donors (Lipinski definition) is 1. The van der Waals surface area contributed by atoms with Crippen LogP contribution in [0.2, 0.25) is 0 Å². The van der Waals surface area contributed by atoms with Crippen LogP contribution in [0.1, 0.15) is 67.2 Å². The van der Waals surface area contributed by atoms with E-state index < -0.39 is 11.5 Å². The summed E-state index contributed by atoms with van der Waals surface area (Å²) in [6.45, 7) is 17.5. The van der Waals surface area contributed by atoms with Crippen LogP contribution in [0, 0.1) is 17.3 Å². The van der Waals surface area contributed by atoms with Crippen molar-refractivity contribution in [2.24, 2.45) is 5.41 Å². The summed E-state index contributed by atoms with van der Waals surface area (Å²) >= 11 is 0. The Morgan fingerprint density at radius 3 is 1.55 bits per heavy atom. The number of nitrogens with one attached hydrogen (secondary N) is 1. The summed E-state index contributed by atoms with van der Waals surface area (Å²) in [7, 11) is 0. The second-order valence-electron chi connectivity index (χ2n) is 11.4. The van der Waals surface area contributed by atoms with Crippen molar-refractivity contribution in [2.75, 3.05) is 85.8 Å². The zero-order chi connectivity index (χ0) is 33.5. The average molecular weight is 632 g/mol. The highest BCUT2D eigenvalue weighted by atomic mass is 16.6. The number of carbonyl (C=O) groups is 3. The predicted octanol–water partition coefficient (Wildman–Crippen LogP) is 2.14. The first-order valence-electron chi connectivity index (χ1n) is 14.8. The van der Waals surface area contributed by atoms with E-state index in [-0.39, 0.29) is 49.3 Å². The maximum Gasteiger partial charge on any atom is 0.373 e. The molecule has 1 N–H and O–H groups in total. The molecule has 0 saturated carbocycles. The van der Waals surface area contributed by atoms with E-state index in [0.29, 0.717) is 72.5 Å². The van der Waals surface area contributed by atoms with E-state index in [1.54, 1.807) is 0 Å². The molecule has 0 bridgehead atoms. The Hall–Kier alpha value is -2.69. The van der Waals surface area contributed by atoms with Gasteiger partial charge in [-0.25, -0.2) is 0 Å². The molecule has 0 heterocycles. The summed E-state index contributed by atoms with van der Waals surface area (Å²) < 4.78 is 37.7. The first-order valence-corrected chi connectivity index (χ1v) is 14.8. The Labute approximate surface area is 262 Å². The van der Waals surface area contributed by atoms with Gasteiger partial charge in [0.1, 0.15) is 5.60 Å². The predicted molar refractivity (Wildman–Crippen MR) is 159 cm³/mol. The Balaban J connectivity index is 0. The molecule has 0 aromatic rings. The molecule has 44 heavy (non-hydrogen) atoms. The SMILES string of the molecule is CC(C)(C)CCOCCOCCOCCCC(=O)C#CC(=O)NCCOCCOCCOCCC(=O)OC(C)(C)C.O=C=O. The lowest BCUT2D eigenvalue weighted by molar-refractivity contribution is -0.191. The maximum absolute atomic E-state index is 11.8. The Morgan fingerprint density at radius 2 is 1.05 bits per heavy atom. The van der Waals surface area contributed by atoms with Crippen LogP contribution in [0.15, 0.2) is 0 Å². The third-order valence-electron chi connectivity index (χ3n) is 4.89. The molecular formula is C31H53NO12. The number of rotatable bonds is 24. The van der Waals surface area contributed by atoms with Crippen LogP contribution in [0.5, 0.6) is 0 Å². The van der Waals surface area contributed by atoms with E-state index in [4.69, 9.17) is 42.7 Å². The van der Waals surface area contributed by atoms with Gasteiger partial charge in [-0.2, -0.15) is 9.59 Å². The van der Waals surface area contributed by atoms with Gasteiger partial charge in [-0.05, 0) is 44.9 Å². The monoisotopic (exact) mass is 631 g/mol. The van der Waals surface area contributed by atoms with E-state index in [1.807, 2.05) is 20.8 Å². The molecule has 0 rings (SSSR count). The minimum absolute atomic E-state index is 0.200. The van der Waals surface area contributed by atoms with Crippen molar-refractivity contribution in [1.29, 1.82) is 0 Å². The Kier molecular flexibility index (Phi) is 28.7. The average Bonchev–Trinajstić information content (AvgIpc) is 2.92. The molecule has 254 valence electrons. The summed E-state index contributed by atoms with van der Waals surface area (Å²) in [6, 6.07) is 0. The lowest BCUT2D eigenvalue weighted by Crippen LogP contribution is -2.26. The standard InChI is InChI=1S/C30H53NO10.CO2/c1-29(2,3)12-16-37-20-24-39-22-18-35-14-7-8-26(32)9-10-27(33)31-13-17-38-21-25-40-23-19-36-15-11-28(34)41-30(4,5)6;2-1-3/h7-8,11-25H2,1-6H3,(H,31,33);. The lowest BCUT2D eigenvalue weighted by Gasteiger charge is -2.19. The van der Waals surface area contributed by atoms with Crippen molar-refractivity contribution >= 4 is 23.8 Å². The van der Waals surface area contributed by atoms with Gasteiger partial charge in [-0.1, -0.05) is 20.8 Å². The third-order valence-corrected chi connectivity index (χ3v) is 4.89. The number of amides is 1. The molecular weight excluding hydrogens is 578 g/mol. The summed E-state index contributed by atoms with van der Waals surface area (Å²) in [5, 5.41) is 2.57. The zero-order valence-electron chi connectivity index (χ0n) is 27.4. The van der Waals surface area contributed by atoms with Crippen molar-refractivity contribution in [3.63, 3.8) is 0 Å². The van der Waals surface area contributed by atoms with Crippen molar-refractivity contribution in [2.45, 2.75) is 72.8 Å². The largest absolute Gasteiger partial charge is 0.460 e. The molecule has 0 aliphatic heterocycles. The molecule has 13 nitrogen and oxygen atoms in total. The van der Waals surface area contributed by atoms with Crippen LogP contribution >= 0.6 is 0 Å². The fourth-order valence-electron chi connectivity index (χ4n) is 2.81. The quantitative estimate of drug-likeness (QED) is 0.0716. The van der Waals surface area contributed by atoms with Crippen LogP contribution in [0.4, 0.5) is 0 Å². The molecule has 0 atom stereocenters. The second kappa shape index (κ2) is 29.0. The van der Waals surface area contributed by atoms with Gasteiger partial charge in [-0.15, -0.1) is 0 Å². The van der Waals surface area contributed by atoms with Gasteiger partial charge in [0, 0.05) is 32.1 Å². The number of carbonyl (C=O) groups excluding carboxylic acids is 5. The van der Waals surface area contributed by atoms with Crippen LogP contribution in [0.3, 0.4) is 0 Å². The highest BCUT2D eigenvalue weighted by Crippen LogP contribution is 2.17. The number of ether oxygens (including phenoxy) is 7. The van der Waals surface area contributed by atoms with Gasteiger partial charge in [0.05, 0.1) is 72.5 Å². The number of esters is 1. The minimum Gasteiger partial charge on any atom is -0.460 e. The maximum atomic E-state index is 11.8. The van der Waals surface area contributed by atoms with E-state index in [2.05, 4.69) is 37.9 Å². The lowest BCUT2D eigenvalue weighted by atomic mass is 9.93. The topological polar surface area (TPSA) is 162 Å². The van der Waals surface area contributed by atoms with Crippen molar-refractivity contribution < 1.29 is 57.1 Å².